The van der Waals surface area contributed by atoms with Crippen molar-refractivity contribution in [3.8, 4) is 0 Å². The van der Waals surface area contributed by atoms with Crippen molar-refractivity contribution in [1.29, 1.82) is 0 Å². The summed E-state index contributed by atoms with van der Waals surface area (Å²) in [5.41, 5.74) is 0.333. The Morgan fingerprint density at radius 2 is 2.04 bits per heavy atom. The van der Waals surface area contributed by atoms with E-state index in [-0.39, 0.29) is 17.3 Å². The van der Waals surface area contributed by atoms with Gasteiger partial charge in [-0.05, 0) is 43.7 Å². The summed E-state index contributed by atoms with van der Waals surface area (Å²) in [6.07, 6.45) is 7.20. The number of rotatable bonds is 4. The van der Waals surface area contributed by atoms with Gasteiger partial charge in [0.15, 0.2) is 5.69 Å². The van der Waals surface area contributed by atoms with Crippen molar-refractivity contribution in [3.63, 3.8) is 0 Å². The zero-order valence-corrected chi connectivity index (χ0v) is 15.5. The smallest absolute Gasteiger partial charge is 0.284 e. The highest BCUT2D eigenvalue weighted by Gasteiger charge is 2.26. The average molecular weight is 385 g/mol. The first-order valence-corrected chi connectivity index (χ1v) is 9.40. The predicted octanol–water partition coefficient (Wildman–Crippen LogP) is 4.77. The molecule has 0 spiro atoms. The molecule has 0 bridgehead atoms. The van der Waals surface area contributed by atoms with E-state index in [1.165, 1.54) is 12.4 Å². The highest BCUT2D eigenvalue weighted by atomic mass is 19.3. The van der Waals surface area contributed by atoms with Gasteiger partial charge in [0.05, 0.1) is 22.8 Å². The molecule has 0 aromatic carbocycles. The Bertz CT molecular complexity index is 990. The van der Waals surface area contributed by atoms with E-state index >= 15 is 0 Å². The lowest BCUT2D eigenvalue weighted by molar-refractivity contribution is 0.102. The molecule has 3 heterocycles. The third-order valence-corrected chi connectivity index (χ3v) is 5.33. The van der Waals surface area contributed by atoms with Crippen molar-refractivity contribution in [1.82, 2.24) is 19.7 Å². The van der Waals surface area contributed by atoms with Gasteiger partial charge in [0.1, 0.15) is 0 Å². The summed E-state index contributed by atoms with van der Waals surface area (Å²) >= 11 is 0. The fourth-order valence-corrected chi connectivity index (χ4v) is 3.71. The number of aromatic nitrogens is 4. The molecule has 4 rings (SSSR count). The summed E-state index contributed by atoms with van der Waals surface area (Å²) in [5, 5.41) is 7.38. The number of carbonyl (C=O) groups excluding carboxylic acids is 1. The van der Waals surface area contributed by atoms with E-state index in [4.69, 9.17) is 0 Å². The third kappa shape index (κ3) is 3.58. The maximum absolute atomic E-state index is 13.5. The van der Waals surface area contributed by atoms with Crippen molar-refractivity contribution in [2.75, 3.05) is 5.32 Å². The van der Waals surface area contributed by atoms with Crippen molar-refractivity contribution in [2.24, 2.45) is 5.92 Å². The van der Waals surface area contributed by atoms with Crippen LogP contribution in [0.25, 0.3) is 10.9 Å². The summed E-state index contributed by atoms with van der Waals surface area (Å²) in [6, 6.07) is 3.62. The molecule has 0 aliphatic heterocycles. The molecular formula is C20H21F2N5O. The number of nitrogens with zero attached hydrogens (tertiary/aromatic N) is 4. The van der Waals surface area contributed by atoms with Crippen molar-refractivity contribution in [2.45, 2.75) is 45.1 Å². The van der Waals surface area contributed by atoms with Crippen LogP contribution in [0.3, 0.4) is 0 Å². The molecule has 0 atom stereocenters. The van der Waals surface area contributed by atoms with Crippen LogP contribution in [0.1, 0.15) is 61.1 Å². The third-order valence-electron chi connectivity index (χ3n) is 5.33. The molecular weight excluding hydrogens is 364 g/mol. The Labute approximate surface area is 161 Å². The van der Waals surface area contributed by atoms with Crippen LogP contribution < -0.4 is 5.32 Å². The summed E-state index contributed by atoms with van der Waals surface area (Å²) in [6.45, 7) is 2.20. The molecule has 146 valence electrons. The number of pyridine rings is 2. The standard InChI is InChI=1S/C20H21F2N5O/c1-12-4-6-14(7-5-12)27-11-16(18(26-27)19(21)22)25-20(28)15-10-23-9-13-3-2-8-24-17(13)15/h2-3,8-12,14,19H,4-7H2,1H3,(H,25,28)/t12-,14-. The molecule has 1 fully saturated rings. The Hall–Kier alpha value is -2.90. The number of nitrogens with one attached hydrogen (secondary N) is 1. The minimum Gasteiger partial charge on any atom is -0.319 e. The molecule has 3 aromatic heterocycles. The Kier molecular flexibility index (Phi) is 5.02. The van der Waals surface area contributed by atoms with E-state index in [0.29, 0.717) is 16.8 Å². The summed E-state index contributed by atoms with van der Waals surface area (Å²) in [4.78, 5) is 21.0. The summed E-state index contributed by atoms with van der Waals surface area (Å²) in [7, 11) is 0. The van der Waals surface area contributed by atoms with Gasteiger partial charge < -0.3 is 5.32 Å². The zero-order valence-electron chi connectivity index (χ0n) is 15.5. The number of alkyl halides is 2. The van der Waals surface area contributed by atoms with Gasteiger partial charge in [-0.1, -0.05) is 6.92 Å². The second-order valence-electron chi connectivity index (χ2n) is 7.34. The molecule has 0 radical (unpaired) electrons. The minimum atomic E-state index is -2.78. The number of carbonyl (C=O) groups is 1. The van der Waals surface area contributed by atoms with Crippen LogP contribution in [0.15, 0.2) is 36.9 Å². The molecule has 0 saturated heterocycles. The van der Waals surface area contributed by atoms with E-state index < -0.39 is 18.0 Å². The van der Waals surface area contributed by atoms with Gasteiger partial charge in [-0.25, -0.2) is 8.78 Å². The molecule has 8 heteroatoms. The number of halogens is 2. The molecule has 3 aromatic rings. The van der Waals surface area contributed by atoms with Crippen LogP contribution in [0.2, 0.25) is 0 Å². The largest absolute Gasteiger partial charge is 0.319 e. The molecule has 6 nitrogen and oxygen atoms in total. The van der Waals surface area contributed by atoms with Gasteiger partial charge in [0.2, 0.25) is 0 Å². The number of fused-ring (bicyclic) bond motifs is 1. The number of amides is 1. The van der Waals surface area contributed by atoms with Crippen molar-refractivity contribution in [3.05, 3.63) is 48.2 Å². The van der Waals surface area contributed by atoms with E-state index in [1.54, 1.807) is 29.2 Å². The first-order valence-electron chi connectivity index (χ1n) is 9.40. The van der Waals surface area contributed by atoms with E-state index in [0.717, 1.165) is 25.7 Å². The van der Waals surface area contributed by atoms with E-state index in [2.05, 4.69) is 27.3 Å². The van der Waals surface area contributed by atoms with Crippen LogP contribution in [0, 0.1) is 5.92 Å². The highest BCUT2D eigenvalue weighted by Crippen LogP contribution is 2.34. The fourth-order valence-electron chi connectivity index (χ4n) is 3.71. The molecule has 1 amide bonds. The SMILES string of the molecule is C[C@H]1CC[C@H](n2cc(NC(=O)c3cncc4cccnc34)c(C(F)F)n2)CC1. The quantitative estimate of drug-likeness (QED) is 0.702. The second kappa shape index (κ2) is 7.61. The lowest BCUT2D eigenvalue weighted by Crippen LogP contribution is -2.17. The Morgan fingerprint density at radius 3 is 2.79 bits per heavy atom. The van der Waals surface area contributed by atoms with Crippen molar-refractivity contribution >= 4 is 22.5 Å². The minimum absolute atomic E-state index is 0.0338. The van der Waals surface area contributed by atoms with Crippen LogP contribution in [-0.4, -0.2) is 25.7 Å². The van der Waals surface area contributed by atoms with E-state index in [9.17, 15) is 13.6 Å². The highest BCUT2D eigenvalue weighted by molar-refractivity contribution is 6.11. The molecule has 1 aliphatic rings. The first kappa shape index (κ1) is 18.5. The topological polar surface area (TPSA) is 72.7 Å². The summed E-state index contributed by atoms with van der Waals surface area (Å²) in [5.74, 6) is 0.113. The molecule has 0 unspecified atom stereocenters. The van der Waals surface area contributed by atoms with Crippen LogP contribution in [0.4, 0.5) is 14.5 Å². The van der Waals surface area contributed by atoms with E-state index in [1.807, 2.05) is 0 Å². The maximum Gasteiger partial charge on any atom is 0.284 e. The van der Waals surface area contributed by atoms with Gasteiger partial charge in [-0.15, -0.1) is 0 Å². The molecule has 28 heavy (non-hydrogen) atoms. The normalized spacial score (nSPS) is 19.9. The first-order chi connectivity index (χ1) is 13.5. The lowest BCUT2D eigenvalue weighted by atomic mass is 9.87. The van der Waals surface area contributed by atoms with Gasteiger partial charge in [0.25, 0.3) is 12.3 Å². The van der Waals surface area contributed by atoms with Crippen LogP contribution in [0.5, 0.6) is 0 Å². The number of anilines is 1. The Balaban J connectivity index is 1.62. The lowest BCUT2D eigenvalue weighted by Gasteiger charge is -2.26. The summed E-state index contributed by atoms with van der Waals surface area (Å²) < 4.78 is 28.6. The molecule has 1 aliphatic carbocycles. The van der Waals surface area contributed by atoms with Gasteiger partial charge >= 0.3 is 0 Å². The number of hydrogen-bond acceptors (Lipinski definition) is 4. The van der Waals surface area contributed by atoms with Gasteiger partial charge in [-0.3, -0.25) is 19.4 Å². The van der Waals surface area contributed by atoms with Gasteiger partial charge in [-0.2, -0.15) is 5.10 Å². The van der Waals surface area contributed by atoms with Gasteiger partial charge in [0, 0.05) is 30.2 Å². The zero-order chi connectivity index (χ0) is 19.7. The maximum atomic E-state index is 13.5. The fraction of sp³-hybridized carbons (Fsp3) is 0.400. The molecule has 1 saturated carbocycles. The monoisotopic (exact) mass is 385 g/mol. The van der Waals surface area contributed by atoms with Crippen molar-refractivity contribution < 1.29 is 13.6 Å². The Morgan fingerprint density at radius 1 is 1.25 bits per heavy atom. The average Bonchev–Trinajstić information content (AvgIpc) is 3.12. The van der Waals surface area contributed by atoms with Crippen LogP contribution in [-0.2, 0) is 0 Å². The van der Waals surface area contributed by atoms with Crippen LogP contribution >= 0.6 is 0 Å². The second-order valence-corrected chi connectivity index (χ2v) is 7.34. The number of hydrogen-bond donors (Lipinski definition) is 1. The predicted molar refractivity (Wildman–Crippen MR) is 101 cm³/mol. The molecule has 1 N–H and O–H groups in total.